The van der Waals surface area contributed by atoms with Crippen molar-refractivity contribution in [2.75, 3.05) is 19.0 Å². The van der Waals surface area contributed by atoms with E-state index in [-0.39, 0.29) is 12.6 Å². The molecule has 0 fully saturated rings. The van der Waals surface area contributed by atoms with E-state index in [2.05, 4.69) is 15.0 Å². The summed E-state index contributed by atoms with van der Waals surface area (Å²) in [6, 6.07) is 13.7. The highest BCUT2D eigenvalue weighted by molar-refractivity contribution is 6.30. The summed E-state index contributed by atoms with van der Waals surface area (Å²) in [6.45, 7) is -0.238. The molecule has 3 aromatic rings. The van der Waals surface area contributed by atoms with Crippen molar-refractivity contribution >= 4 is 40.6 Å². The van der Waals surface area contributed by atoms with Crippen LogP contribution in [0.2, 0.25) is 5.02 Å². The molecule has 25 heavy (non-hydrogen) atoms. The summed E-state index contributed by atoms with van der Waals surface area (Å²) in [6.07, 6.45) is -0.719. The number of nitrogens with zero attached hydrogens (tertiary/aromatic N) is 2. The number of rotatable bonds is 4. The predicted molar refractivity (Wildman–Crippen MR) is 93.3 cm³/mol. The van der Waals surface area contributed by atoms with E-state index in [9.17, 15) is 9.59 Å². The maximum atomic E-state index is 12.6. The number of methoxy groups -OCH3 is 1. The van der Waals surface area contributed by atoms with Crippen molar-refractivity contribution in [3.63, 3.8) is 0 Å². The first-order valence-electron chi connectivity index (χ1n) is 7.32. The van der Waals surface area contributed by atoms with E-state index in [0.717, 1.165) is 0 Å². The normalized spacial score (nSPS) is 10.5. The van der Waals surface area contributed by atoms with E-state index in [0.29, 0.717) is 21.8 Å². The van der Waals surface area contributed by atoms with Gasteiger partial charge >= 0.3 is 6.09 Å². The van der Waals surface area contributed by atoms with E-state index >= 15 is 0 Å². The Morgan fingerprint density at radius 3 is 2.60 bits per heavy atom. The molecular weight excluding hydrogens is 346 g/mol. The van der Waals surface area contributed by atoms with E-state index in [1.54, 1.807) is 48.5 Å². The standard InChI is InChI=1S/C17H14ClN3O4/c1-24-17(23)20-16-19-13-4-2-3-5-14(13)21(16)15(22)10-25-12-8-6-11(18)7-9-12/h2-9H,10H2,1H3,(H,19,20,23). The molecule has 0 saturated heterocycles. The first-order chi connectivity index (χ1) is 12.1. The molecular formula is C17H14ClN3O4. The van der Waals surface area contributed by atoms with Gasteiger partial charge in [-0.3, -0.25) is 10.1 Å². The lowest BCUT2D eigenvalue weighted by Gasteiger charge is -2.09. The van der Waals surface area contributed by atoms with Crippen LogP contribution < -0.4 is 10.1 Å². The number of anilines is 1. The van der Waals surface area contributed by atoms with Crippen molar-refractivity contribution in [2.24, 2.45) is 0 Å². The van der Waals surface area contributed by atoms with Crippen molar-refractivity contribution in [1.82, 2.24) is 9.55 Å². The summed E-state index contributed by atoms with van der Waals surface area (Å²) in [5, 5.41) is 3.01. The monoisotopic (exact) mass is 359 g/mol. The number of carbonyl (C=O) groups excluding carboxylic acids is 2. The molecule has 0 aliphatic rings. The number of hydrogen-bond acceptors (Lipinski definition) is 5. The van der Waals surface area contributed by atoms with Crippen LogP contribution >= 0.6 is 11.6 Å². The van der Waals surface area contributed by atoms with E-state index in [1.165, 1.54) is 11.7 Å². The number of amides is 1. The Kier molecular flexibility index (Phi) is 4.85. The second kappa shape index (κ2) is 7.23. The summed E-state index contributed by atoms with van der Waals surface area (Å²) in [7, 11) is 1.23. The fourth-order valence-electron chi connectivity index (χ4n) is 2.25. The molecule has 0 radical (unpaired) electrons. The van der Waals surface area contributed by atoms with Gasteiger partial charge in [0.25, 0.3) is 5.91 Å². The Labute approximate surface area is 148 Å². The molecule has 128 valence electrons. The largest absolute Gasteiger partial charge is 0.484 e. The average molecular weight is 360 g/mol. The van der Waals surface area contributed by atoms with Gasteiger partial charge in [0.15, 0.2) is 6.61 Å². The van der Waals surface area contributed by atoms with Crippen molar-refractivity contribution in [3.8, 4) is 5.75 Å². The number of para-hydroxylation sites is 2. The Morgan fingerprint density at radius 1 is 1.16 bits per heavy atom. The third-order valence-electron chi connectivity index (χ3n) is 3.39. The Morgan fingerprint density at radius 2 is 1.88 bits per heavy atom. The number of halogens is 1. The van der Waals surface area contributed by atoms with Crippen molar-refractivity contribution < 1.29 is 19.1 Å². The van der Waals surface area contributed by atoms with Crippen LogP contribution in [0.3, 0.4) is 0 Å². The molecule has 1 N–H and O–H groups in total. The molecule has 7 nitrogen and oxygen atoms in total. The first-order valence-corrected chi connectivity index (χ1v) is 7.70. The van der Waals surface area contributed by atoms with Gasteiger partial charge < -0.3 is 9.47 Å². The molecule has 0 aliphatic heterocycles. The lowest BCUT2D eigenvalue weighted by molar-refractivity contribution is 0.0845. The minimum atomic E-state index is -0.719. The van der Waals surface area contributed by atoms with Gasteiger partial charge in [-0.05, 0) is 36.4 Å². The maximum Gasteiger partial charge on any atom is 0.413 e. The van der Waals surface area contributed by atoms with Crippen LogP contribution in [0, 0.1) is 0 Å². The highest BCUT2D eigenvalue weighted by Crippen LogP contribution is 2.20. The molecule has 3 rings (SSSR count). The van der Waals surface area contributed by atoms with Crippen LogP contribution in [0.4, 0.5) is 10.7 Å². The highest BCUT2D eigenvalue weighted by Gasteiger charge is 2.19. The van der Waals surface area contributed by atoms with Crippen molar-refractivity contribution in [2.45, 2.75) is 0 Å². The topological polar surface area (TPSA) is 82.5 Å². The summed E-state index contributed by atoms with van der Waals surface area (Å²) < 4.78 is 11.3. The third kappa shape index (κ3) is 3.72. The minimum absolute atomic E-state index is 0.0674. The summed E-state index contributed by atoms with van der Waals surface area (Å²) >= 11 is 5.82. The molecule has 0 bridgehead atoms. The summed E-state index contributed by atoms with van der Waals surface area (Å²) in [5.74, 6) is 0.178. The van der Waals surface area contributed by atoms with Gasteiger partial charge in [-0.15, -0.1) is 0 Å². The smallest absolute Gasteiger partial charge is 0.413 e. The van der Waals surface area contributed by atoms with Gasteiger partial charge in [0.2, 0.25) is 5.95 Å². The van der Waals surface area contributed by atoms with Gasteiger partial charge in [0, 0.05) is 5.02 Å². The van der Waals surface area contributed by atoms with Gasteiger partial charge in [-0.25, -0.2) is 14.3 Å². The van der Waals surface area contributed by atoms with Gasteiger partial charge in [-0.1, -0.05) is 23.7 Å². The van der Waals surface area contributed by atoms with E-state index in [4.69, 9.17) is 16.3 Å². The molecule has 0 unspecified atom stereocenters. The fraction of sp³-hybridized carbons (Fsp3) is 0.118. The number of nitrogens with one attached hydrogen (secondary N) is 1. The zero-order chi connectivity index (χ0) is 17.8. The third-order valence-corrected chi connectivity index (χ3v) is 3.64. The zero-order valence-corrected chi connectivity index (χ0v) is 14.0. The Balaban J connectivity index is 1.87. The number of aromatic nitrogens is 2. The number of ether oxygens (including phenoxy) is 2. The number of hydrogen-bond donors (Lipinski definition) is 1. The maximum absolute atomic E-state index is 12.6. The SMILES string of the molecule is COC(=O)Nc1nc2ccccc2n1C(=O)COc1ccc(Cl)cc1. The Bertz CT molecular complexity index is 921. The molecule has 2 aromatic carbocycles. The van der Waals surface area contributed by atoms with Crippen LogP contribution in [-0.2, 0) is 4.74 Å². The van der Waals surface area contributed by atoms with E-state index in [1.807, 2.05) is 0 Å². The number of imidazole rings is 1. The first kappa shape index (κ1) is 16.8. The minimum Gasteiger partial charge on any atom is -0.484 e. The molecule has 0 saturated carbocycles. The molecule has 0 spiro atoms. The second-order valence-electron chi connectivity index (χ2n) is 5.01. The fourth-order valence-corrected chi connectivity index (χ4v) is 2.37. The number of benzene rings is 2. The van der Waals surface area contributed by atoms with Crippen LogP contribution in [0.5, 0.6) is 5.75 Å². The lowest BCUT2D eigenvalue weighted by atomic mass is 10.3. The molecule has 8 heteroatoms. The molecule has 1 heterocycles. The highest BCUT2D eigenvalue weighted by atomic mass is 35.5. The molecule has 1 aromatic heterocycles. The van der Waals surface area contributed by atoms with Crippen LogP contribution in [0.25, 0.3) is 11.0 Å². The quantitative estimate of drug-likeness (QED) is 0.769. The van der Waals surface area contributed by atoms with Crippen LogP contribution in [-0.4, -0.2) is 35.3 Å². The zero-order valence-electron chi connectivity index (χ0n) is 13.2. The average Bonchev–Trinajstić information content (AvgIpc) is 2.98. The molecule has 1 amide bonds. The van der Waals surface area contributed by atoms with Gasteiger partial charge in [-0.2, -0.15) is 0 Å². The molecule has 0 aliphatic carbocycles. The van der Waals surface area contributed by atoms with Crippen molar-refractivity contribution in [3.05, 3.63) is 53.6 Å². The summed E-state index contributed by atoms with van der Waals surface area (Å²) in [4.78, 5) is 28.4. The van der Waals surface area contributed by atoms with Crippen LogP contribution in [0.1, 0.15) is 4.79 Å². The van der Waals surface area contributed by atoms with Gasteiger partial charge in [0.05, 0.1) is 18.1 Å². The Hall–Kier alpha value is -3.06. The molecule has 0 atom stereocenters. The van der Waals surface area contributed by atoms with Gasteiger partial charge in [0.1, 0.15) is 5.75 Å². The number of fused-ring (bicyclic) bond motifs is 1. The number of carbonyl (C=O) groups is 2. The predicted octanol–water partition coefficient (Wildman–Crippen LogP) is 3.59. The lowest BCUT2D eigenvalue weighted by Crippen LogP contribution is -2.23. The van der Waals surface area contributed by atoms with Crippen LogP contribution in [0.15, 0.2) is 48.5 Å². The van der Waals surface area contributed by atoms with Crippen molar-refractivity contribution in [1.29, 1.82) is 0 Å². The van der Waals surface area contributed by atoms with E-state index < -0.39 is 12.0 Å². The summed E-state index contributed by atoms with van der Waals surface area (Å²) in [5.41, 5.74) is 1.12. The second-order valence-corrected chi connectivity index (χ2v) is 5.45.